The van der Waals surface area contributed by atoms with Crippen molar-refractivity contribution in [1.29, 1.82) is 0 Å². The summed E-state index contributed by atoms with van der Waals surface area (Å²) in [5, 5.41) is 0. The number of imidazole rings is 1. The topological polar surface area (TPSA) is 65.8 Å². The molecule has 0 amide bonds. The summed E-state index contributed by atoms with van der Waals surface area (Å²) < 4.78 is 0.288. The van der Waals surface area contributed by atoms with E-state index in [4.69, 9.17) is 0 Å². The largest absolute Gasteiger partial charge is 0.299 e. The van der Waals surface area contributed by atoms with Gasteiger partial charge in [0.05, 0.1) is 6.33 Å². The van der Waals surface area contributed by atoms with Crippen LogP contribution in [0.3, 0.4) is 0 Å². The fourth-order valence-corrected chi connectivity index (χ4v) is 1.50. The first-order valence-corrected chi connectivity index (χ1v) is 4.11. The molecule has 0 radical (unpaired) electrons. The quantitative estimate of drug-likeness (QED) is 0.644. The van der Waals surface area contributed by atoms with Crippen LogP contribution < -0.4 is 4.48 Å². The number of rotatable bonds is 1. The maximum absolute atomic E-state index is 4.16. The molecule has 6 nitrogen and oxygen atoms in total. The number of nitrogens with one attached hydrogen (secondary N) is 1. The van der Waals surface area contributed by atoms with E-state index in [0.717, 1.165) is 11.6 Å². The molecule has 1 N–H and O–H groups in total. The van der Waals surface area contributed by atoms with Gasteiger partial charge >= 0.3 is 0 Å². The van der Waals surface area contributed by atoms with Gasteiger partial charge in [0.25, 0.3) is 5.82 Å². The normalized spacial score (nSPS) is 27.9. The zero-order valence-electron chi connectivity index (χ0n) is 7.20. The van der Waals surface area contributed by atoms with Gasteiger partial charge < -0.3 is 0 Å². The lowest BCUT2D eigenvalue weighted by Crippen LogP contribution is -2.44. The highest BCUT2D eigenvalue weighted by molar-refractivity contribution is 6.01. The van der Waals surface area contributed by atoms with Crippen LogP contribution in [0.2, 0.25) is 0 Å². The number of quaternary nitrogens is 1. The molecule has 0 saturated carbocycles. The molecule has 1 atom stereocenters. The van der Waals surface area contributed by atoms with E-state index < -0.39 is 0 Å². The molecule has 0 spiro atoms. The molecule has 0 aromatic carbocycles. The van der Waals surface area contributed by atoms with Gasteiger partial charge in [-0.3, -0.25) is 4.98 Å². The summed E-state index contributed by atoms with van der Waals surface area (Å²) in [6, 6.07) is 0. The van der Waals surface area contributed by atoms with Crippen molar-refractivity contribution in [2.24, 2.45) is 15.0 Å². The standard InChI is InChI=1S/C8H7N6/c1-7(12-3-9-1)14-5-10-2-8(14)13-4-11-6-14/h1-6H,(H,9,12)/q+1. The lowest BCUT2D eigenvalue weighted by molar-refractivity contribution is 0.729. The van der Waals surface area contributed by atoms with Crippen LogP contribution in [0.25, 0.3) is 0 Å². The van der Waals surface area contributed by atoms with Crippen molar-refractivity contribution < 1.29 is 0 Å². The number of hydrogen-bond acceptors (Lipinski definition) is 4. The zero-order valence-corrected chi connectivity index (χ0v) is 7.20. The Hall–Kier alpha value is -2.08. The monoisotopic (exact) mass is 187 g/mol. The molecule has 68 valence electrons. The molecule has 0 saturated heterocycles. The second-order valence-corrected chi connectivity index (χ2v) is 2.98. The molecule has 0 bridgehead atoms. The molecule has 1 aromatic rings. The number of hydrogen-bond donors (Lipinski definition) is 1. The Balaban J connectivity index is 2.20. The minimum Gasteiger partial charge on any atom is -0.299 e. The van der Waals surface area contributed by atoms with Gasteiger partial charge in [-0.05, 0) is 0 Å². The molecule has 6 heteroatoms. The molecule has 1 aromatic heterocycles. The van der Waals surface area contributed by atoms with Gasteiger partial charge in [0.15, 0.2) is 0 Å². The fourth-order valence-electron chi connectivity index (χ4n) is 1.50. The predicted octanol–water partition coefficient (Wildman–Crippen LogP) is 0.628. The summed E-state index contributed by atoms with van der Waals surface area (Å²) in [4.78, 5) is 19.3. The highest BCUT2D eigenvalue weighted by Gasteiger charge is 2.39. The molecular formula is C8H7N6+. The van der Waals surface area contributed by atoms with Gasteiger partial charge in [0.2, 0.25) is 18.5 Å². The average Bonchev–Trinajstić information content (AvgIpc) is 2.87. The molecule has 1 unspecified atom stereocenters. The Kier molecular flexibility index (Phi) is 1.29. The van der Waals surface area contributed by atoms with Crippen LogP contribution in [0.15, 0.2) is 39.5 Å². The Labute approximate surface area is 79.6 Å². The van der Waals surface area contributed by atoms with E-state index in [9.17, 15) is 0 Å². The molecule has 14 heavy (non-hydrogen) atoms. The number of aromatic nitrogens is 2. The van der Waals surface area contributed by atoms with E-state index in [1.54, 1.807) is 31.4 Å². The maximum atomic E-state index is 4.16. The number of fused-ring (bicyclic) bond motifs is 1. The molecule has 0 aliphatic carbocycles. The van der Waals surface area contributed by atoms with Crippen LogP contribution in [-0.4, -0.2) is 29.0 Å². The van der Waals surface area contributed by atoms with Crippen LogP contribution in [0.1, 0.15) is 0 Å². The minimum absolute atomic E-state index is 0.288. The first kappa shape index (κ1) is 7.34. The molecule has 2 aliphatic heterocycles. The van der Waals surface area contributed by atoms with Crippen molar-refractivity contribution in [3.63, 3.8) is 0 Å². The summed E-state index contributed by atoms with van der Waals surface area (Å²) in [5.74, 6) is 1.68. The number of aliphatic imine (C=N–C) groups is 3. The third-order valence-electron chi connectivity index (χ3n) is 2.21. The molecular weight excluding hydrogens is 180 g/mol. The van der Waals surface area contributed by atoms with Crippen molar-refractivity contribution in [2.75, 3.05) is 0 Å². The number of H-pyrrole nitrogens is 1. The van der Waals surface area contributed by atoms with E-state index in [0.29, 0.717) is 0 Å². The van der Waals surface area contributed by atoms with Gasteiger partial charge in [-0.15, -0.1) is 4.48 Å². The molecule has 0 fully saturated rings. The van der Waals surface area contributed by atoms with Crippen molar-refractivity contribution in [1.82, 2.24) is 14.5 Å². The Morgan fingerprint density at radius 2 is 2.14 bits per heavy atom. The van der Waals surface area contributed by atoms with Gasteiger partial charge in [0.1, 0.15) is 18.7 Å². The lowest BCUT2D eigenvalue weighted by atomic mass is 10.4. The van der Waals surface area contributed by atoms with Crippen LogP contribution >= 0.6 is 0 Å². The van der Waals surface area contributed by atoms with Crippen LogP contribution in [0, 0.1) is 0 Å². The van der Waals surface area contributed by atoms with Gasteiger partial charge in [-0.25, -0.2) is 9.98 Å². The number of nitrogens with zero attached hydrogens (tertiary/aromatic N) is 5. The SMILES string of the molecule is C1=NC=NC2=CN=C[N+]12c1cnc[nH]1. The smallest absolute Gasteiger partial charge is 0.266 e. The summed E-state index contributed by atoms with van der Waals surface area (Å²) in [6.45, 7) is 0. The van der Waals surface area contributed by atoms with Crippen molar-refractivity contribution in [3.8, 4) is 0 Å². The second kappa shape index (κ2) is 2.46. The zero-order chi connectivity index (χ0) is 9.43. The molecule has 3 rings (SSSR count). The van der Waals surface area contributed by atoms with Crippen molar-refractivity contribution >= 4 is 24.8 Å². The summed E-state index contributed by atoms with van der Waals surface area (Å²) in [6.07, 6.45) is 10.1. The number of aromatic amines is 1. The first-order valence-electron chi connectivity index (χ1n) is 4.11. The van der Waals surface area contributed by atoms with E-state index in [1.165, 1.54) is 6.34 Å². The highest BCUT2D eigenvalue weighted by atomic mass is 15.5. The van der Waals surface area contributed by atoms with Crippen LogP contribution in [-0.2, 0) is 0 Å². The van der Waals surface area contributed by atoms with Crippen molar-refractivity contribution in [2.45, 2.75) is 0 Å². The maximum Gasteiger partial charge on any atom is 0.266 e. The molecule has 2 aliphatic rings. The van der Waals surface area contributed by atoms with Crippen LogP contribution in [0.4, 0.5) is 5.82 Å². The second-order valence-electron chi connectivity index (χ2n) is 2.98. The highest BCUT2D eigenvalue weighted by Crippen LogP contribution is 2.28. The minimum atomic E-state index is 0.288. The Morgan fingerprint density at radius 3 is 3.00 bits per heavy atom. The predicted molar refractivity (Wildman–Crippen MR) is 53.9 cm³/mol. The van der Waals surface area contributed by atoms with Gasteiger partial charge in [-0.2, -0.15) is 9.98 Å². The van der Waals surface area contributed by atoms with E-state index in [2.05, 4.69) is 24.9 Å². The van der Waals surface area contributed by atoms with Gasteiger partial charge in [-0.1, -0.05) is 0 Å². The van der Waals surface area contributed by atoms with Crippen LogP contribution in [0.5, 0.6) is 0 Å². The van der Waals surface area contributed by atoms with E-state index >= 15 is 0 Å². The van der Waals surface area contributed by atoms with Gasteiger partial charge in [0, 0.05) is 0 Å². The van der Waals surface area contributed by atoms with Crippen molar-refractivity contribution in [3.05, 3.63) is 24.5 Å². The molecule has 3 heterocycles. The lowest BCUT2D eigenvalue weighted by Gasteiger charge is -2.22. The summed E-state index contributed by atoms with van der Waals surface area (Å²) in [7, 11) is 0. The third kappa shape index (κ3) is 0.775. The third-order valence-corrected chi connectivity index (χ3v) is 2.21. The summed E-state index contributed by atoms with van der Waals surface area (Å²) in [5.41, 5.74) is 0. The average molecular weight is 187 g/mol. The summed E-state index contributed by atoms with van der Waals surface area (Å²) >= 11 is 0. The van der Waals surface area contributed by atoms with E-state index in [1.807, 2.05) is 0 Å². The first-order chi connectivity index (χ1) is 6.92. The Morgan fingerprint density at radius 1 is 1.21 bits per heavy atom. The fraction of sp³-hybridized carbons (Fsp3) is 0. The Bertz CT molecular complexity index is 466. The van der Waals surface area contributed by atoms with E-state index in [-0.39, 0.29) is 4.48 Å².